The van der Waals surface area contributed by atoms with Crippen LogP contribution in [-0.4, -0.2) is 114 Å². The van der Waals surface area contributed by atoms with Crippen molar-refractivity contribution in [3.8, 4) is 0 Å². The number of phosphoric acid groups is 2. The molecule has 0 amide bonds. The van der Waals surface area contributed by atoms with Gasteiger partial charge in [-0.2, -0.15) is 0 Å². The largest absolute Gasteiger partial charge is 0.472 e. The molecule has 1 aliphatic rings. The normalized spacial score (nSPS) is 23.0. The van der Waals surface area contributed by atoms with Crippen molar-refractivity contribution in [3.05, 3.63) is 72.9 Å². The fourth-order valence-electron chi connectivity index (χ4n) is 6.25. The first-order valence-electron chi connectivity index (χ1n) is 22.6. The highest BCUT2D eigenvalue weighted by molar-refractivity contribution is 7.47. The van der Waals surface area contributed by atoms with E-state index in [9.17, 15) is 49.1 Å². The lowest BCUT2D eigenvalue weighted by atomic mass is 9.85. The van der Waals surface area contributed by atoms with Gasteiger partial charge in [-0.3, -0.25) is 23.2 Å². The van der Waals surface area contributed by atoms with Crippen molar-refractivity contribution in [2.45, 2.75) is 185 Å². The Morgan fingerprint density at radius 2 is 1.08 bits per heavy atom. The van der Waals surface area contributed by atoms with Crippen molar-refractivity contribution in [2.75, 3.05) is 13.2 Å². The maximum atomic E-state index is 13.0. The van der Waals surface area contributed by atoms with Gasteiger partial charge in [-0.25, -0.2) is 9.13 Å². The van der Waals surface area contributed by atoms with Crippen molar-refractivity contribution < 1.29 is 82.0 Å². The summed E-state index contributed by atoms with van der Waals surface area (Å²) in [6.45, 7) is 2.81. The standard InChI is InChI=1S/C45H76O17P2/c1-3-5-7-8-9-10-11-12-16-19-22-25-28-32-38(47)58-34-37(35-59-64(56,57)62-45-42(51)40(49)41(50)44(43(45)52)61-63(53,54)55)60-39(48)33-29-26-23-20-17-14-13-15-18-21-24-27-31-36(46)30-6-4-2/h7-8,10-11,13-14,18,20-21,23,27,31,36-37,40-46,49-52H,3-6,9,12,15-17,19,22,24-26,28-30,32-35H2,1-2H3,(H,56,57)(H2,53,54,55)/b8-7-,11-10-,14-13-,21-18-,23-20-,31-27-/t36-,37-,40?,41?,42?,43?,44-,45+/m1/s1. The Labute approximate surface area is 379 Å². The molecule has 0 heterocycles. The monoisotopic (exact) mass is 950 g/mol. The minimum absolute atomic E-state index is 0.0553. The van der Waals surface area contributed by atoms with Gasteiger partial charge in [0.15, 0.2) is 6.10 Å². The van der Waals surface area contributed by atoms with Gasteiger partial charge in [0, 0.05) is 12.8 Å². The molecule has 17 nitrogen and oxygen atoms in total. The Bertz CT molecular complexity index is 1540. The zero-order chi connectivity index (χ0) is 47.6. The first-order valence-corrected chi connectivity index (χ1v) is 25.6. The fourth-order valence-corrected chi connectivity index (χ4v) is 7.79. The van der Waals surface area contributed by atoms with Gasteiger partial charge >= 0.3 is 27.6 Å². The van der Waals surface area contributed by atoms with Gasteiger partial charge in [-0.05, 0) is 70.6 Å². The number of hydrogen-bond donors (Lipinski definition) is 8. The summed E-state index contributed by atoms with van der Waals surface area (Å²) in [5.74, 6) is -1.32. The molecule has 64 heavy (non-hydrogen) atoms. The van der Waals surface area contributed by atoms with Crippen molar-refractivity contribution in [1.82, 2.24) is 0 Å². The smallest absolute Gasteiger partial charge is 0.462 e. The van der Waals surface area contributed by atoms with Gasteiger partial charge in [-0.1, -0.05) is 125 Å². The van der Waals surface area contributed by atoms with E-state index in [0.29, 0.717) is 25.7 Å². The number of phosphoric ester groups is 2. The third-order valence-electron chi connectivity index (χ3n) is 9.80. The summed E-state index contributed by atoms with van der Waals surface area (Å²) < 4.78 is 49.2. The molecule has 5 unspecified atom stereocenters. The molecular weight excluding hydrogens is 874 g/mol. The van der Waals surface area contributed by atoms with E-state index in [1.807, 2.05) is 48.6 Å². The van der Waals surface area contributed by atoms with Crippen LogP contribution in [0, 0.1) is 0 Å². The molecule has 19 heteroatoms. The molecule has 8 N–H and O–H groups in total. The second-order valence-electron chi connectivity index (χ2n) is 15.6. The van der Waals surface area contributed by atoms with Crippen LogP contribution in [0.3, 0.4) is 0 Å². The second-order valence-corrected chi connectivity index (χ2v) is 18.2. The number of esters is 2. The van der Waals surface area contributed by atoms with E-state index in [0.717, 1.165) is 83.5 Å². The van der Waals surface area contributed by atoms with Crippen LogP contribution in [0.25, 0.3) is 0 Å². The molecule has 0 spiro atoms. The summed E-state index contributed by atoms with van der Waals surface area (Å²) in [4.78, 5) is 54.1. The number of rotatable bonds is 36. The number of carbonyl (C=O) groups excluding carboxylic acids is 2. The van der Waals surface area contributed by atoms with Gasteiger partial charge in [0.05, 0.1) is 12.7 Å². The van der Waals surface area contributed by atoms with Crippen molar-refractivity contribution >= 4 is 27.6 Å². The lowest BCUT2D eigenvalue weighted by Crippen LogP contribution is -2.64. The van der Waals surface area contributed by atoms with Crippen molar-refractivity contribution in [1.29, 1.82) is 0 Å². The molecule has 9 atom stereocenters. The molecule has 0 saturated heterocycles. The van der Waals surface area contributed by atoms with E-state index in [-0.39, 0.29) is 12.8 Å². The molecule has 0 bridgehead atoms. The Morgan fingerprint density at radius 1 is 0.562 bits per heavy atom. The molecular formula is C45H76O17P2. The molecule has 1 saturated carbocycles. The van der Waals surface area contributed by atoms with Crippen LogP contribution in [0.1, 0.15) is 136 Å². The van der Waals surface area contributed by atoms with Crippen LogP contribution in [0.5, 0.6) is 0 Å². The third-order valence-corrected chi connectivity index (χ3v) is 11.3. The van der Waals surface area contributed by atoms with Crippen molar-refractivity contribution in [2.24, 2.45) is 0 Å². The van der Waals surface area contributed by atoms with E-state index in [4.69, 9.17) is 28.3 Å². The van der Waals surface area contributed by atoms with E-state index in [2.05, 4.69) is 42.7 Å². The number of aliphatic hydroxyl groups is 5. The molecule has 1 aliphatic carbocycles. The summed E-state index contributed by atoms with van der Waals surface area (Å²) >= 11 is 0. The minimum atomic E-state index is -5.38. The summed E-state index contributed by atoms with van der Waals surface area (Å²) in [5, 5.41) is 51.0. The van der Waals surface area contributed by atoms with Crippen LogP contribution in [0.4, 0.5) is 0 Å². The third kappa shape index (κ3) is 29.8. The summed E-state index contributed by atoms with van der Waals surface area (Å²) in [5.41, 5.74) is 0. The molecule has 0 radical (unpaired) electrons. The predicted molar refractivity (Wildman–Crippen MR) is 242 cm³/mol. The topological polar surface area (TPSA) is 276 Å². The number of allylic oxidation sites excluding steroid dienone is 11. The Morgan fingerprint density at radius 3 is 1.67 bits per heavy atom. The van der Waals surface area contributed by atoms with Crippen molar-refractivity contribution in [3.63, 3.8) is 0 Å². The highest BCUT2D eigenvalue weighted by Gasteiger charge is 2.54. The number of aliphatic hydroxyl groups excluding tert-OH is 5. The van der Waals surface area contributed by atoms with E-state index >= 15 is 0 Å². The van der Waals surface area contributed by atoms with E-state index < -0.39 is 89.6 Å². The average Bonchev–Trinajstić information content (AvgIpc) is 3.24. The SMILES string of the molecule is CCC/C=C\C/C=C\CCCCCCCC(=O)OC[C@H](COP(=O)(O)O[C@H]1C(O)C(O)C(O)[C@@H](OP(=O)(O)O)C1O)OC(=O)CCC/C=C\C/C=C\C/C=C\C/C=C\[C@H](O)CCCC. The van der Waals surface area contributed by atoms with Gasteiger partial charge in [0.2, 0.25) is 0 Å². The minimum Gasteiger partial charge on any atom is -0.462 e. The Balaban J connectivity index is 2.69. The summed E-state index contributed by atoms with van der Waals surface area (Å²) in [6.07, 6.45) is 23.5. The molecule has 1 rings (SSSR count). The first kappa shape index (κ1) is 59.4. The van der Waals surface area contributed by atoms with Crippen LogP contribution in [0.15, 0.2) is 72.9 Å². The molecule has 0 aromatic rings. The quantitative estimate of drug-likeness (QED) is 0.0135. The zero-order valence-electron chi connectivity index (χ0n) is 37.5. The van der Waals surface area contributed by atoms with Gasteiger partial charge < -0.3 is 49.7 Å². The maximum absolute atomic E-state index is 13.0. The Hall–Kier alpha value is -2.60. The van der Waals surface area contributed by atoms with Gasteiger partial charge in [-0.15, -0.1) is 0 Å². The van der Waals surface area contributed by atoms with Gasteiger partial charge in [0.25, 0.3) is 0 Å². The van der Waals surface area contributed by atoms with Crippen LogP contribution >= 0.6 is 15.6 Å². The zero-order valence-corrected chi connectivity index (χ0v) is 39.3. The molecule has 0 aromatic heterocycles. The Kier molecular flexibility index (Phi) is 33.0. The highest BCUT2D eigenvalue weighted by atomic mass is 31.2. The highest BCUT2D eigenvalue weighted by Crippen LogP contribution is 2.49. The molecule has 1 fully saturated rings. The predicted octanol–water partition coefficient (Wildman–Crippen LogP) is 7.03. The van der Waals surface area contributed by atoms with E-state index in [1.165, 1.54) is 0 Å². The van der Waals surface area contributed by atoms with Crippen LogP contribution in [0.2, 0.25) is 0 Å². The number of carbonyl (C=O) groups is 2. The van der Waals surface area contributed by atoms with Crippen LogP contribution < -0.4 is 0 Å². The number of hydrogen-bond acceptors (Lipinski definition) is 14. The molecule has 0 aromatic carbocycles. The second kappa shape index (κ2) is 35.6. The lowest BCUT2D eigenvalue weighted by molar-refractivity contribution is -0.216. The molecule has 0 aliphatic heterocycles. The maximum Gasteiger partial charge on any atom is 0.472 e. The number of ether oxygens (including phenoxy) is 2. The summed E-state index contributed by atoms with van der Waals surface area (Å²) in [7, 11) is -10.7. The van der Waals surface area contributed by atoms with Crippen LogP contribution in [-0.2, 0) is 41.8 Å². The lowest BCUT2D eigenvalue weighted by Gasteiger charge is -2.43. The fraction of sp³-hybridized carbons (Fsp3) is 0.689. The number of unbranched alkanes of at least 4 members (excludes halogenated alkanes) is 8. The average molecular weight is 951 g/mol. The molecule has 368 valence electrons. The first-order chi connectivity index (χ1) is 30.5. The van der Waals surface area contributed by atoms with Gasteiger partial charge in [0.1, 0.15) is 43.2 Å². The van der Waals surface area contributed by atoms with E-state index in [1.54, 1.807) is 0 Å². The summed E-state index contributed by atoms with van der Waals surface area (Å²) in [6, 6.07) is 0.